The Morgan fingerprint density at radius 2 is 2.00 bits per heavy atom. The molecule has 3 rings (SSSR count). The predicted octanol–water partition coefficient (Wildman–Crippen LogP) is 5.24. The number of hydrogen-bond donors (Lipinski definition) is 1. The Bertz CT molecular complexity index is 936. The Labute approximate surface area is 169 Å². The fourth-order valence-electron chi connectivity index (χ4n) is 3.10. The van der Waals surface area contributed by atoms with Gasteiger partial charge in [-0.25, -0.2) is 4.98 Å². The van der Waals surface area contributed by atoms with Crippen LogP contribution in [0.25, 0.3) is 11.0 Å². The number of carbonyl (C=O) groups is 1. The van der Waals surface area contributed by atoms with Gasteiger partial charge in [0.25, 0.3) is 0 Å². The maximum atomic E-state index is 11.6. The van der Waals surface area contributed by atoms with Crippen LogP contribution < -0.4 is 5.32 Å². The smallest absolute Gasteiger partial charge is 0.219 e. The summed E-state index contributed by atoms with van der Waals surface area (Å²) < 4.78 is 2.19. The van der Waals surface area contributed by atoms with E-state index in [4.69, 9.17) is 28.2 Å². The Kier molecular flexibility index (Phi) is 6.75. The number of amides is 1. The van der Waals surface area contributed by atoms with Crippen molar-refractivity contribution in [3.05, 3.63) is 63.9 Å². The van der Waals surface area contributed by atoms with E-state index in [-0.39, 0.29) is 5.91 Å². The third kappa shape index (κ3) is 5.02. The Morgan fingerprint density at radius 1 is 1.19 bits per heavy atom. The summed E-state index contributed by atoms with van der Waals surface area (Å²) in [5, 5.41) is 4.24. The first-order chi connectivity index (χ1) is 13.1. The molecular formula is C21H23Cl2N3O. The number of carbonyl (C=O) groups excluding carboxylic acids is 1. The number of rotatable bonds is 8. The van der Waals surface area contributed by atoms with E-state index in [1.165, 1.54) is 0 Å². The number of fused-ring (bicyclic) bond motifs is 1. The second-order valence-electron chi connectivity index (χ2n) is 6.54. The van der Waals surface area contributed by atoms with Gasteiger partial charge in [-0.2, -0.15) is 0 Å². The summed E-state index contributed by atoms with van der Waals surface area (Å²) in [7, 11) is 0. The van der Waals surface area contributed by atoms with Crippen LogP contribution in [0.15, 0.2) is 42.5 Å². The molecule has 0 bridgehead atoms. The molecule has 2 aromatic carbocycles. The molecule has 0 aliphatic rings. The van der Waals surface area contributed by atoms with Crippen molar-refractivity contribution < 1.29 is 4.79 Å². The first-order valence-electron chi connectivity index (χ1n) is 9.23. The summed E-state index contributed by atoms with van der Waals surface area (Å²) in [4.78, 5) is 16.4. The Morgan fingerprint density at radius 3 is 2.78 bits per heavy atom. The minimum atomic E-state index is 0.110. The molecule has 0 aliphatic heterocycles. The van der Waals surface area contributed by atoms with Crippen molar-refractivity contribution in [2.75, 3.05) is 6.54 Å². The van der Waals surface area contributed by atoms with Gasteiger partial charge in [0.2, 0.25) is 5.91 Å². The van der Waals surface area contributed by atoms with Crippen LogP contribution >= 0.6 is 23.2 Å². The maximum Gasteiger partial charge on any atom is 0.219 e. The number of benzene rings is 2. The van der Waals surface area contributed by atoms with Crippen molar-refractivity contribution in [1.29, 1.82) is 0 Å². The topological polar surface area (TPSA) is 46.9 Å². The van der Waals surface area contributed by atoms with E-state index in [1.807, 2.05) is 37.3 Å². The van der Waals surface area contributed by atoms with Crippen molar-refractivity contribution in [3.8, 4) is 0 Å². The van der Waals surface area contributed by atoms with Crippen LogP contribution in [0.4, 0.5) is 0 Å². The number of hydrogen-bond acceptors (Lipinski definition) is 2. The van der Waals surface area contributed by atoms with Gasteiger partial charge < -0.3 is 9.88 Å². The number of nitrogens with zero attached hydrogens (tertiary/aromatic N) is 2. The lowest BCUT2D eigenvalue weighted by molar-refractivity contribution is -0.121. The zero-order valence-corrected chi connectivity index (χ0v) is 16.9. The molecule has 1 amide bonds. The van der Waals surface area contributed by atoms with E-state index >= 15 is 0 Å². The fraction of sp³-hybridized carbons (Fsp3) is 0.333. The number of imidazole rings is 1. The van der Waals surface area contributed by atoms with Crippen molar-refractivity contribution in [1.82, 2.24) is 14.9 Å². The maximum absolute atomic E-state index is 11.6. The second-order valence-corrected chi connectivity index (χ2v) is 7.39. The largest absolute Gasteiger partial charge is 0.356 e. The van der Waals surface area contributed by atoms with Gasteiger partial charge in [0.05, 0.1) is 17.6 Å². The molecule has 0 fully saturated rings. The zero-order valence-electron chi connectivity index (χ0n) is 15.3. The summed E-state index contributed by atoms with van der Waals surface area (Å²) in [6, 6.07) is 13.7. The van der Waals surface area contributed by atoms with E-state index < -0.39 is 0 Å². The highest BCUT2D eigenvalue weighted by Crippen LogP contribution is 2.25. The fourth-order valence-corrected chi connectivity index (χ4v) is 3.57. The van der Waals surface area contributed by atoms with Crippen LogP contribution in [0.2, 0.25) is 10.0 Å². The van der Waals surface area contributed by atoms with Crippen LogP contribution in [-0.4, -0.2) is 22.0 Å². The standard InChI is InChI=1S/C21H23Cl2N3O/c1-2-6-21(27)24-12-5-9-20-25-18-7-3-4-8-19(18)26(20)14-15-10-11-16(22)13-17(15)23/h3-4,7-8,10-11,13H,2,5-6,9,12,14H2,1H3,(H,24,27). The van der Waals surface area contributed by atoms with Crippen LogP contribution in [0.5, 0.6) is 0 Å². The highest BCUT2D eigenvalue weighted by atomic mass is 35.5. The number of halogens is 2. The van der Waals surface area contributed by atoms with Crippen molar-refractivity contribution in [2.24, 2.45) is 0 Å². The Hall–Kier alpha value is -2.04. The third-order valence-corrected chi connectivity index (χ3v) is 5.04. The van der Waals surface area contributed by atoms with Gasteiger partial charge in [-0.3, -0.25) is 4.79 Å². The van der Waals surface area contributed by atoms with Gasteiger partial charge in [0.1, 0.15) is 5.82 Å². The molecule has 1 heterocycles. The molecule has 1 aromatic heterocycles. The van der Waals surface area contributed by atoms with E-state index in [2.05, 4.69) is 16.0 Å². The first kappa shape index (κ1) is 19.7. The molecule has 6 heteroatoms. The van der Waals surface area contributed by atoms with Crippen molar-refractivity contribution >= 4 is 40.1 Å². The van der Waals surface area contributed by atoms with Gasteiger partial charge in [-0.15, -0.1) is 0 Å². The Balaban J connectivity index is 1.78. The average Bonchev–Trinajstić information content (AvgIpc) is 2.99. The molecule has 0 saturated heterocycles. The van der Waals surface area contributed by atoms with Gasteiger partial charge in [0, 0.05) is 29.4 Å². The number of nitrogens with one attached hydrogen (secondary N) is 1. The van der Waals surface area contributed by atoms with Gasteiger partial charge in [0.15, 0.2) is 0 Å². The van der Waals surface area contributed by atoms with Gasteiger partial charge >= 0.3 is 0 Å². The molecular weight excluding hydrogens is 381 g/mol. The minimum absolute atomic E-state index is 0.110. The third-order valence-electron chi connectivity index (χ3n) is 4.45. The molecule has 27 heavy (non-hydrogen) atoms. The molecule has 142 valence electrons. The summed E-state index contributed by atoms with van der Waals surface area (Å²) >= 11 is 12.4. The molecule has 0 spiro atoms. The van der Waals surface area contributed by atoms with Crippen LogP contribution in [-0.2, 0) is 17.8 Å². The lowest BCUT2D eigenvalue weighted by Gasteiger charge is -2.11. The summed E-state index contributed by atoms with van der Waals surface area (Å²) in [5.41, 5.74) is 3.04. The van der Waals surface area contributed by atoms with Gasteiger partial charge in [-0.05, 0) is 42.7 Å². The number of para-hydroxylation sites is 2. The van der Waals surface area contributed by atoms with E-state index in [0.717, 1.165) is 41.7 Å². The highest BCUT2D eigenvalue weighted by molar-refractivity contribution is 6.35. The molecule has 0 radical (unpaired) electrons. The first-order valence-corrected chi connectivity index (χ1v) is 9.99. The lowest BCUT2D eigenvalue weighted by Crippen LogP contribution is -2.24. The summed E-state index contributed by atoms with van der Waals surface area (Å²) in [6.07, 6.45) is 3.07. The van der Waals surface area contributed by atoms with Crippen LogP contribution in [0.1, 0.15) is 37.6 Å². The summed E-state index contributed by atoms with van der Waals surface area (Å²) in [6.45, 7) is 3.29. The van der Waals surface area contributed by atoms with E-state index in [0.29, 0.717) is 29.6 Å². The average molecular weight is 404 g/mol. The molecule has 3 aromatic rings. The van der Waals surface area contributed by atoms with Crippen LogP contribution in [0, 0.1) is 0 Å². The summed E-state index contributed by atoms with van der Waals surface area (Å²) in [5.74, 6) is 1.10. The lowest BCUT2D eigenvalue weighted by atomic mass is 10.2. The monoisotopic (exact) mass is 403 g/mol. The molecule has 0 aliphatic carbocycles. The molecule has 4 nitrogen and oxygen atoms in total. The normalized spacial score (nSPS) is 11.1. The number of aryl methyl sites for hydroxylation is 1. The second kappa shape index (κ2) is 9.25. The van der Waals surface area contributed by atoms with E-state index in [9.17, 15) is 4.79 Å². The molecule has 0 unspecified atom stereocenters. The quantitative estimate of drug-likeness (QED) is 0.522. The highest BCUT2D eigenvalue weighted by Gasteiger charge is 2.12. The van der Waals surface area contributed by atoms with Crippen LogP contribution in [0.3, 0.4) is 0 Å². The predicted molar refractivity (Wildman–Crippen MR) is 112 cm³/mol. The van der Waals surface area contributed by atoms with Gasteiger partial charge in [-0.1, -0.05) is 48.3 Å². The zero-order chi connectivity index (χ0) is 19.2. The van der Waals surface area contributed by atoms with Crippen molar-refractivity contribution in [2.45, 2.75) is 39.2 Å². The SMILES string of the molecule is CCCC(=O)NCCCc1nc2ccccc2n1Cc1ccc(Cl)cc1Cl. The van der Waals surface area contributed by atoms with Crippen molar-refractivity contribution in [3.63, 3.8) is 0 Å². The number of aromatic nitrogens is 2. The molecule has 1 N–H and O–H groups in total. The van der Waals surface area contributed by atoms with E-state index in [1.54, 1.807) is 6.07 Å². The molecule has 0 atom stereocenters. The molecule has 0 saturated carbocycles. The minimum Gasteiger partial charge on any atom is -0.356 e.